The van der Waals surface area contributed by atoms with Gasteiger partial charge in [-0.2, -0.15) is 5.10 Å². The molecule has 0 saturated carbocycles. The fourth-order valence-electron chi connectivity index (χ4n) is 7.68. The molecule has 53 heavy (non-hydrogen) atoms. The van der Waals surface area contributed by atoms with Crippen molar-refractivity contribution < 1.29 is 29.3 Å². The third-order valence-corrected chi connectivity index (χ3v) is 10.9. The van der Waals surface area contributed by atoms with E-state index < -0.39 is 29.1 Å². The molecule has 2 aromatic carbocycles. The van der Waals surface area contributed by atoms with Gasteiger partial charge in [0.15, 0.2) is 5.78 Å². The number of ether oxygens (including phenoxy) is 2. The number of aliphatic hydroxyl groups is 2. The molecule has 1 fully saturated rings. The summed E-state index contributed by atoms with van der Waals surface area (Å²) in [7, 11) is 3.36. The lowest BCUT2D eigenvalue weighted by Crippen LogP contribution is -2.58. The maximum atomic E-state index is 14.2. The number of likely N-dealkylation sites (tertiary alicyclic amines) is 1. The number of aryl methyl sites for hydroxylation is 1. The van der Waals surface area contributed by atoms with Crippen LogP contribution in [0.5, 0.6) is 5.88 Å². The average molecular weight is 720 g/mol. The van der Waals surface area contributed by atoms with Gasteiger partial charge in [-0.1, -0.05) is 56.0 Å². The molecule has 3 N–H and O–H groups in total. The number of carbonyl (C=O) groups excluding carboxylic acids is 2. The molecule has 0 radical (unpaired) electrons. The summed E-state index contributed by atoms with van der Waals surface area (Å²) in [6, 6.07) is 17.2. The Bertz CT molecular complexity index is 1990. The number of hydrazone groups is 1. The molecule has 3 unspecified atom stereocenters. The van der Waals surface area contributed by atoms with Gasteiger partial charge < -0.3 is 19.7 Å². The molecule has 0 bridgehead atoms. The van der Waals surface area contributed by atoms with E-state index in [1.54, 1.807) is 25.3 Å². The first kappa shape index (κ1) is 37.9. The van der Waals surface area contributed by atoms with Crippen molar-refractivity contribution in [3.63, 3.8) is 0 Å². The highest BCUT2D eigenvalue weighted by atomic mass is 16.5. The molecule has 1 saturated heterocycles. The minimum atomic E-state index is -2.75. The monoisotopic (exact) mass is 719 g/mol. The number of ketones is 2. The number of hydrogen-bond acceptors (Lipinski definition) is 11. The summed E-state index contributed by atoms with van der Waals surface area (Å²) < 4.78 is 11.4. The second-order valence-corrected chi connectivity index (χ2v) is 14.4. The number of carbonyl (C=O) groups is 2. The molecular formula is C42H49N5O6. The fourth-order valence-corrected chi connectivity index (χ4v) is 7.68. The highest BCUT2D eigenvalue weighted by Gasteiger charge is 2.54. The molecule has 1 aromatic heterocycles. The minimum absolute atomic E-state index is 0.0900. The van der Waals surface area contributed by atoms with Crippen LogP contribution >= 0.6 is 0 Å². The zero-order valence-electron chi connectivity index (χ0n) is 31.2. The number of methoxy groups -OCH3 is 1. The number of nitrogens with one attached hydrogen (secondary N) is 1. The standard InChI is InChI=1S/C42H49N5O6/c1-7-53-36-23-34(18-20-44-36)37(43)35-22-33(9-8-26(35)2)28(4)39(48)41(52-6)19-21-47(25-41)42(50,51)40(49)32-16-12-30(13-17-32)29-10-14-31(15-11-29)38-27(3)24-46(5)45-38/h8-12,14-15,18,20,22-23,28,32,43,50-51H,3,7,13,16-17,19,21,24-25H2,1-2,4-6H3. The van der Waals surface area contributed by atoms with Gasteiger partial charge in [-0.05, 0) is 79.5 Å². The summed E-state index contributed by atoms with van der Waals surface area (Å²) in [4.78, 5) is 33.3. The van der Waals surface area contributed by atoms with Crippen LogP contribution < -0.4 is 4.74 Å². The third kappa shape index (κ3) is 7.52. The van der Waals surface area contributed by atoms with E-state index in [0.717, 1.165) is 33.5 Å². The van der Waals surface area contributed by atoms with Crippen molar-refractivity contribution >= 4 is 28.6 Å². The van der Waals surface area contributed by atoms with E-state index in [9.17, 15) is 19.8 Å². The van der Waals surface area contributed by atoms with E-state index >= 15 is 0 Å². The van der Waals surface area contributed by atoms with Gasteiger partial charge in [-0.15, -0.1) is 0 Å². The van der Waals surface area contributed by atoms with E-state index in [0.29, 0.717) is 55.0 Å². The second kappa shape index (κ2) is 15.3. The first-order valence-electron chi connectivity index (χ1n) is 18.2. The number of allylic oxidation sites excluding steroid dienone is 2. The van der Waals surface area contributed by atoms with Crippen LogP contribution in [0.4, 0.5) is 0 Å². The lowest BCUT2D eigenvalue weighted by molar-refractivity contribution is -0.249. The van der Waals surface area contributed by atoms with Gasteiger partial charge in [0.25, 0.3) is 5.91 Å². The second-order valence-electron chi connectivity index (χ2n) is 14.4. The van der Waals surface area contributed by atoms with Crippen LogP contribution in [0.3, 0.4) is 0 Å². The van der Waals surface area contributed by atoms with Crippen LogP contribution in [0.2, 0.25) is 0 Å². The molecule has 278 valence electrons. The summed E-state index contributed by atoms with van der Waals surface area (Å²) in [6.45, 7) is 10.8. The zero-order valence-corrected chi connectivity index (χ0v) is 31.2. The molecule has 3 aromatic rings. The summed E-state index contributed by atoms with van der Waals surface area (Å²) in [5, 5.41) is 38.0. The number of Topliss-reactive ketones (excluding diaryl/α,β-unsaturated/α-hetero) is 2. The molecule has 0 amide bonds. The number of aromatic nitrogens is 1. The SMILES string of the molecule is C=C1CN(C)N=C1c1ccc(C2=CCC(C(=O)C(O)(O)N3CCC(OC)(C(=O)C(C)c4ccc(C)c(C(=N)c5ccnc(OCC)c5)c4)C3)CC2)cc1. The quantitative estimate of drug-likeness (QED) is 0.159. The first-order chi connectivity index (χ1) is 25.3. The van der Waals surface area contributed by atoms with Crippen molar-refractivity contribution in [3.8, 4) is 5.88 Å². The molecule has 11 heteroatoms. The maximum absolute atomic E-state index is 14.2. The van der Waals surface area contributed by atoms with Gasteiger partial charge >= 0.3 is 0 Å². The van der Waals surface area contributed by atoms with Crippen LogP contribution in [0.25, 0.3) is 5.57 Å². The lowest BCUT2D eigenvalue weighted by atomic mass is 9.82. The van der Waals surface area contributed by atoms with Crippen molar-refractivity contribution in [1.29, 1.82) is 5.41 Å². The summed E-state index contributed by atoms with van der Waals surface area (Å²) in [5.74, 6) is -4.45. The highest BCUT2D eigenvalue weighted by Crippen LogP contribution is 2.38. The number of rotatable bonds is 13. The Morgan fingerprint density at radius 3 is 2.51 bits per heavy atom. The molecule has 11 nitrogen and oxygen atoms in total. The minimum Gasteiger partial charge on any atom is -0.478 e. The van der Waals surface area contributed by atoms with E-state index in [-0.39, 0.29) is 31.0 Å². The van der Waals surface area contributed by atoms with Crippen LogP contribution in [0.15, 0.2) is 84.1 Å². The molecule has 0 spiro atoms. The van der Waals surface area contributed by atoms with Gasteiger partial charge in [0.1, 0.15) is 5.60 Å². The van der Waals surface area contributed by atoms with Crippen LogP contribution in [-0.4, -0.2) is 100 Å². The van der Waals surface area contributed by atoms with Gasteiger partial charge in [0.2, 0.25) is 11.7 Å². The Labute approximate surface area is 311 Å². The summed E-state index contributed by atoms with van der Waals surface area (Å²) in [5.41, 5.74) is 6.85. The van der Waals surface area contributed by atoms with Crippen molar-refractivity contribution in [2.24, 2.45) is 11.0 Å². The van der Waals surface area contributed by atoms with Gasteiger partial charge in [-0.3, -0.25) is 20.0 Å². The Hall–Kier alpha value is -4.81. The fraction of sp³-hybridized carbons (Fsp3) is 0.405. The number of benzene rings is 2. The van der Waals surface area contributed by atoms with Crippen LogP contribution in [-0.2, 0) is 14.3 Å². The highest BCUT2D eigenvalue weighted by molar-refractivity contribution is 6.13. The van der Waals surface area contributed by atoms with Crippen LogP contribution in [0.1, 0.15) is 78.8 Å². The number of hydrogen-bond donors (Lipinski definition) is 3. The molecule has 3 heterocycles. The number of nitrogens with zero attached hydrogens (tertiary/aromatic N) is 4. The van der Waals surface area contributed by atoms with Gasteiger partial charge in [0, 0.05) is 68.0 Å². The largest absolute Gasteiger partial charge is 0.478 e. The van der Waals surface area contributed by atoms with E-state index in [2.05, 4.69) is 16.7 Å². The van der Waals surface area contributed by atoms with Gasteiger partial charge in [-0.25, -0.2) is 9.88 Å². The Morgan fingerprint density at radius 1 is 1.13 bits per heavy atom. The van der Waals surface area contributed by atoms with Crippen molar-refractivity contribution in [1.82, 2.24) is 14.9 Å². The van der Waals surface area contributed by atoms with Gasteiger partial charge in [0.05, 0.1) is 24.6 Å². The number of likely N-dealkylation sites (N-methyl/N-ethyl adjacent to an activating group) is 1. The Kier molecular flexibility index (Phi) is 10.9. The van der Waals surface area contributed by atoms with E-state index in [1.807, 2.05) is 74.4 Å². The molecule has 2 aliphatic heterocycles. The maximum Gasteiger partial charge on any atom is 0.288 e. The smallest absolute Gasteiger partial charge is 0.288 e. The normalized spacial score (nSPS) is 21.3. The van der Waals surface area contributed by atoms with Crippen molar-refractivity contribution in [2.75, 3.05) is 40.4 Å². The molecule has 6 rings (SSSR count). The Morgan fingerprint density at radius 2 is 1.87 bits per heavy atom. The third-order valence-electron chi connectivity index (χ3n) is 10.9. The average Bonchev–Trinajstić information content (AvgIpc) is 3.78. The zero-order chi connectivity index (χ0) is 38.1. The molecule has 3 aliphatic rings. The molecule has 3 atom stereocenters. The summed E-state index contributed by atoms with van der Waals surface area (Å²) in [6.07, 6.45) is 5.27. The number of pyridine rings is 1. The summed E-state index contributed by atoms with van der Waals surface area (Å²) >= 11 is 0. The van der Waals surface area contributed by atoms with E-state index in [1.165, 1.54) is 12.0 Å². The first-order valence-corrected chi connectivity index (χ1v) is 18.2. The topological polar surface area (TPSA) is 149 Å². The predicted octanol–water partition coefficient (Wildman–Crippen LogP) is 5.27. The van der Waals surface area contributed by atoms with E-state index in [4.69, 9.17) is 14.9 Å². The molecule has 1 aliphatic carbocycles. The molecular weight excluding hydrogens is 670 g/mol. The van der Waals surface area contributed by atoms with Crippen molar-refractivity contribution in [2.45, 2.75) is 63.9 Å². The van der Waals surface area contributed by atoms with Crippen molar-refractivity contribution in [3.05, 3.63) is 112 Å². The lowest BCUT2D eigenvalue weighted by Gasteiger charge is -2.36. The Balaban J connectivity index is 1.12. The van der Waals surface area contributed by atoms with Crippen LogP contribution in [0, 0.1) is 18.3 Å². The predicted molar refractivity (Wildman–Crippen MR) is 204 cm³/mol.